The molecule has 4 nitrogen and oxygen atoms in total. The van der Waals surface area contributed by atoms with Crippen molar-refractivity contribution < 1.29 is 9.53 Å². The molecule has 1 saturated heterocycles. The first-order chi connectivity index (χ1) is 5.72. The van der Waals surface area contributed by atoms with Crippen LogP contribution >= 0.6 is 0 Å². The van der Waals surface area contributed by atoms with Crippen LogP contribution in [-0.4, -0.2) is 43.7 Å². The maximum atomic E-state index is 10.6. The Morgan fingerprint density at radius 1 is 1.58 bits per heavy atom. The largest absolute Gasteiger partial charge is 0.381 e. The van der Waals surface area contributed by atoms with Gasteiger partial charge in [0.05, 0.1) is 12.6 Å². The lowest BCUT2D eigenvalue weighted by Gasteiger charge is -2.29. The van der Waals surface area contributed by atoms with Crippen LogP contribution in [0.25, 0.3) is 0 Å². The third kappa shape index (κ3) is 2.79. The van der Waals surface area contributed by atoms with Crippen molar-refractivity contribution in [3.8, 4) is 0 Å². The van der Waals surface area contributed by atoms with E-state index in [1.165, 1.54) is 0 Å². The number of amides is 1. The van der Waals surface area contributed by atoms with Crippen LogP contribution in [-0.2, 0) is 9.53 Å². The summed E-state index contributed by atoms with van der Waals surface area (Å²) in [5.41, 5.74) is 5.08. The molecule has 70 valence electrons. The van der Waals surface area contributed by atoms with Gasteiger partial charge in [-0.3, -0.25) is 9.69 Å². The summed E-state index contributed by atoms with van der Waals surface area (Å²) >= 11 is 0. The standard InChI is InChI=1S/C8H16N2O2/c1-12-7-2-4-10(5-3-7)6-8(9)11/h7H,2-6H2,1H3,(H2,9,11). The summed E-state index contributed by atoms with van der Waals surface area (Å²) in [4.78, 5) is 12.6. The number of nitrogens with zero attached hydrogens (tertiary/aromatic N) is 1. The molecule has 1 aliphatic heterocycles. The number of likely N-dealkylation sites (tertiary alicyclic amines) is 1. The van der Waals surface area contributed by atoms with Gasteiger partial charge in [0.2, 0.25) is 5.91 Å². The first kappa shape index (κ1) is 9.48. The lowest BCUT2D eigenvalue weighted by atomic mass is 10.1. The highest BCUT2D eigenvalue weighted by Gasteiger charge is 2.19. The number of rotatable bonds is 3. The Hall–Kier alpha value is -0.610. The Balaban J connectivity index is 2.21. The fraction of sp³-hybridized carbons (Fsp3) is 0.875. The summed E-state index contributed by atoms with van der Waals surface area (Å²) in [6.07, 6.45) is 2.38. The van der Waals surface area contributed by atoms with E-state index in [2.05, 4.69) is 4.90 Å². The molecular weight excluding hydrogens is 156 g/mol. The molecule has 12 heavy (non-hydrogen) atoms. The number of ether oxygens (including phenoxy) is 1. The van der Waals surface area contributed by atoms with Crippen molar-refractivity contribution in [2.45, 2.75) is 18.9 Å². The molecule has 0 unspecified atom stereocenters. The van der Waals surface area contributed by atoms with Crippen molar-refractivity contribution in [3.05, 3.63) is 0 Å². The van der Waals surface area contributed by atoms with Gasteiger partial charge < -0.3 is 10.5 Å². The summed E-state index contributed by atoms with van der Waals surface area (Å²) in [6.45, 7) is 2.22. The van der Waals surface area contributed by atoms with Crippen LogP contribution in [0.4, 0.5) is 0 Å². The SMILES string of the molecule is COC1CCN(CC(N)=O)CC1. The highest BCUT2D eigenvalue weighted by atomic mass is 16.5. The predicted octanol–water partition coefficient (Wildman–Crippen LogP) is -0.417. The minimum atomic E-state index is -0.245. The molecule has 1 fully saturated rings. The molecule has 0 aromatic heterocycles. The van der Waals surface area contributed by atoms with Crippen molar-refractivity contribution in [1.82, 2.24) is 4.90 Å². The van der Waals surface area contributed by atoms with Gasteiger partial charge in [0.15, 0.2) is 0 Å². The average Bonchev–Trinajstić information content (AvgIpc) is 2.05. The number of hydrogen-bond donors (Lipinski definition) is 1. The second-order valence-electron chi connectivity index (χ2n) is 3.18. The van der Waals surface area contributed by atoms with Crippen LogP contribution in [0.3, 0.4) is 0 Å². The highest BCUT2D eigenvalue weighted by molar-refractivity contribution is 5.75. The van der Waals surface area contributed by atoms with E-state index >= 15 is 0 Å². The molecule has 0 aliphatic carbocycles. The predicted molar refractivity (Wildman–Crippen MR) is 45.7 cm³/mol. The van der Waals surface area contributed by atoms with Crippen LogP contribution in [0.15, 0.2) is 0 Å². The maximum absolute atomic E-state index is 10.6. The normalized spacial score (nSPS) is 21.1. The first-order valence-corrected chi connectivity index (χ1v) is 4.26. The maximum Gasteiger partial charge on any atom is 0.231 e. The summed E-state index contributed by atoms with van der Waals surface area (Å²) < 4.78 is 5.20. The van der Waals surface area contributed by atoms with E-state index in [1.807, 2.05) is 0 Å². The van der Waals surface area contributed by atoms with Crippen molar-refractivity contribution in [2.75, 3.05) is 26.7 Å². The fourth-order valence-electron chi connectivity index (χ4n) is 1.52. The Kier molecular flexibility index (Phi) is 3.49. The molecule has 0 aromatic rings. The van der Waals surface area contributed by atoms with Crippen molar-refractivity contribution in [2.24, 2.45) is 5.73 Å². The third-order valence-corrected chi connectivity index (χ3v) is 2.25. The second-order valence-corrected chi connectivity index (χ2v) is 3.18. The number of carbonyl (C=O) groups is 1. The quantitative estimate of drug-likeness (QED) is 0.629. The van der Waals surface area contributed by atoms with E-state index in [9.17, 15) is 4.79 Å². The summed E-state index contributed by atoms with van der Waals surface area (Å²) in [5.74, 6) is -0.245. The van der Waals surface area contributed by atoms with Gasteiger partial charge in [0, 0.05) is 20.2 Å². The third-order valence-electron chi connectivity index (χ3n) is 2.25. The Morgan fingerprint density at radius 2 is 2.17 bits per heavy atom. The zero-order chi connectivity index (χ0) is 8.97. The smallest absolute Gasteiger partial charge is 0.231 e. The van der Waals surface area contributed by atoms with Gasteiger partial charge in [-0.1, -0.05) is 0 Å². The Bertz CT molecular complexity index is 153. The minimum Gasteiger partial charge on any atom is -0.381 e. The van der Waals surface area contributed by atoms with Gasteiger partial charge in [-0.25, -0.2) is 0 Å². The molecule has 1 amide bonds. The molecule has 1 rings (SSSR count). The molecule has 0 bridgehead atoms. The number of piperidine rings is 1. The molecule has 0 aromatic carbocycles. The number of carbonyl (C=O) groups excluding carboxylic acids is 1. The molecule has 0 radical (unpaired) electrons. The second kappa shape index (κ2) is 4.42. The molecule has 1 heterocycles. The van der Waals surface area contributed by atoms with Crippen LogP contribution < -0.4 is 5.73 Å². The lowest BCUT2D eigenvalue weighted by molar-refractivity contribution is -0.119. The van der Waals surface area contributed by atoms with E-state index in [0.29, 0.717) is 12.6 Å². The molecule has 4 heteroatoms. The van der Waals surface area contributed by atoms with Gasteiger partial charge in [-0.05, 0) is 12.8 Å². The van der Waals surface area contributed by atoms with Crippen LogP contribution in [0.1, 0.15) is 12.8 Å². The van der Waals surface area contributed by atoms with E-state index in [1.54, 1.807) is 7.11 Å². The van der Waals surface area contributed by atoms with E-state index in [4.69, 9.17) is 10.5 Å². The molecule has 0 atom stereocenters. The van der Waals surface area contributed by atoms with Crippen LogP contribution in [0, 0.1) is 0 Å². The van der Waals surface area contributed by atoms with Crippen LogP contribution in [0.2, 0.25) is 0 Å². The molecule has 1 aliphatic rings. The van der Waals surface area contributed by atoms with Crippen molar-refractivity contribution in [3.63, 3.8) is 0 Å². The van der Waals surface area contributed by atoms with Gasteiger partial charge in [0.25, 0.3) is 0 Å². The monoisotopic (exact) mass is 172 g/mol. The van der Waals surface area contributed by atoms with Gasteiger partial charge >= 0.3 is 0 Å². The van der Waals surface area contributed by atoms with Gasteiger partial charge in [-0.15, -0.1) is 0 Å². The number of hydrogen-bond acceptors (Lipinski definition) is 3. The lowest BCUT2D eigenvalue weighted by Crippen LogP contribution is -2.41. The molecule has 2 N–H and O–H groups in total. The van der Waals surface area contributed by atoms with Crippen molar-refractivity contribution in [1.29, 1.82) is 0 Å². The highest BCUT2D eigenvalue weighted by Crippen LogP contribution is 2.11. The van der Waals surface area contributed by atoms with E-state index in [-0.39, 0.29) is 5.91 Å². The van der Waals surface area contributed by atoms with Crippen molar-refractivity contribution >= 4 is 5.91 Å². The van der Waals surface area contributed by atoms with Gasteiger partial charge in [0.1, 0.15) is 0 Å². The molecular formula is C8H16N2O2. The molecule has 0 saturated carbocycles. The summed E-state index contributed by atoms with van der Waals surface area (Å²) in [7, 11) is 1.73. The zero-order valence-electron chi connectivity index (χ0n) is 7.45. The van der Waals surface area contributed by atoms with E-state index in [0.717, 1.165) is 25.9 Å². The van der Waals surface area contributed by atoms with Gasteiger partial charge in [-0.2, -0.15) is 0 Å². The summed E-state index contributed by atoms with van der Waals surface area (Å²) in [6, 6.07) is 0. The number of primary amides is 1. The number of nitrogens with two attached hydrogens (primary N) is 1. The average molecular weight is 172 g/mol. The summed E-state index contributed by atoms with van der Waals surface area (Å²) in [5, 5.41) is 0. The molecule has 0 spiro atoms. The fourth-order valence-corrected chi connectivity index (χ4v) is 1.52. The first-order valence-electron chi connectivity index (χ1n) is 4.26. The Morgan fingerprint density at radius 3 is 2.58 bits per heavy atom. The number of methoxy groups -OCH3 is 1. The van der Waals surface area contributed by atoms with Crippen LogP contribution in [0.5, 0.6) is 0 Å². The minimum absolute atomic E-state index is 0.245. The Labute approximate surface area is 72.7 Å². The zero-order valence-corrected chi connectivity index (χ0v) is 7.45. The van der Waals surface area contributed by atoms with E-state index < -0.39 is 0 Å². The topological polar surface area (TPSA) is 55.6 Å².